The van der Waals surface area contributed by atoms with Gasteiger partial charge in [-0.15, -0.1) is 0 Å². The number of aryl methyl sites for hydroxylation is 1. The van der Waals surface area contributed by atoms with Crippen LogP contribution in [-0.2, 0) is 15.9 Å². The molecule has 1 aromatic carbocycles. The molecular formula is C12H16O2. The molecule has 1 heterocycles. The Bertz CT molecular complexity index is 290. The highest BCUT2D eigenvalue weighted by molar-refractivity contribution is 5.28. The summed E-state index contributed by atoms with van der Waals surface area (Å²) in [5.74, 6) is 0. The molecule has 0 aromatic heterocycles. The summed E-state index contributed by atoms with van der Waals surface area (Å²) in [4.78, 5) is 0. The van der Waals surface area contributed by atoms with Gasteiger partial charge in [0.25, 0.3) is 0 Å². The topological polar surface area (TPSA) is 18.5 Å². The predicted molar refractivity (Wildman–Crippen MR) is 55.1 cm³/mol. The minimum absolute atomic E-state index is 0.139. The van der Waals surface area contributed by atoms with Crippen molar-refractivity contribution in [1.82, 2.24) is 0 Å². The van der Waals surface area contributed by atoms with Crippen LogP contribution in [0.3, 0.4) is 0 Å². The van der Waals surface area contributed by atoms with Crippen molar-refractivity contribution in [3.05, 3.63) is 35.4 Å². The lowest BCUT2D eigenvalue weighted by atomic mass is 10.0. The normalized spacial score (nSPS) is 18.4. The van der Waals surface area contributed by atoms with E-state index in [0.29, 0.717) is 0 Å². The van der Waals surface area contributed by atoms with E-state index in [4.69, 9.17) is 9.47 Å². The van der Waals surface area contributed by atoms with Crippen molar-refractivity contribution < 1.29 is 9.47 Å². The highest BCUT2D eigenvalue weighted by Gasteiger charge is 2.18. The van der Waals surface area contributed by atoms with Crippen molar-refractivity contribution in [3.8, 4) is 0 Å². The van der Waals surface area contributed by atoms with Crippen LogP contribution in [0.2, 0.25) is 0 Å². The van der Waals surface area contributed by atoms with Crippen LogP contribution in [0, 0.1) is 0 Å². The lowest BCUT2D eigenvalue weighted by Crippen LogP contribution is -2.18. The molecule has 2 nitrogen and oxygen atoms in total. The quantitative estimate of drug-likeness (QED) is 0.717. The molecule has 1 aliphatic heterocycles. The van der Waals surface area contributed by atoms with Crippen LogP contribution >= 0.6 is 0 Å². The first-order chi connectivity index (χ1) is 6.92. The van der Waals surface area contributed by atoms with E-state index >= 15 is 0 Å². The molecule has 2 heteroatoms. The van der Waals surface area contributed by atoms with Crippen molar-refractivity contribution in [1.29, 1.82) is 0 Å². The van der Waals surface area contributed by atoms with Gasteiger partial charge in [-0.05, 0) is 18.4 Å². The van der Waals surface area contributed by atoms with E-state index in [9.17, 15) is 0 Å². The number of hydrogen-bond donors (Lipinski definition) is 0. The lowest BCUT2D eigenvalue weighted by Gasteiger charge is -2.25. The Morgan fingerprint density at radius 3 is 2.64 bits per heavy atom. The summed E-state index contributed by atoms with van der Waals surface area (Å²) in [6.07, 6.45) is 1.89. The average molecular weight is 192 g/mol. The summed E-state index contributed by atoms with van der Waals surface area (Å²) in [6, 6.07) is 8.33. The molecule has 76 valence electrons. The van der Waals surface area contributed by atoms with Crippen LogP contribution in [0.5, 0.6) is 0 Å². The zero-order valence-electron chi connectivity index (χ0n) is 8.53. The molecule has 0 spiro atoms. The van der Waals surface area contributed by atoms with E-state index in [2.05, 4.69) is 25.1 Å². The Morgan fingerprint density at radius 1 is 1.21 bits per heavy atom. The van der Waals surface area contributed by atoms with Crippen LogP contribution in [0.4, 0.5) is 0 Å². The smallest absolute Gasteiger partial charge is 0.184 e. The molecule has 14 heavy (non-hydrogen) atoms. The standard InChI is InChI=1S/C12H16O2/c1-2-10-6-3-4-7-11(10)12-13-8-5-9-14-12/h3-4,6-7,12H,2,5,8-9H2,1H3. The van der Waals surface area contributed by atoms with Crippen LogP contribution in [0.1, 0.15) is 30.8 Å². The fourth-order valence-electron chi connectivity index (χ4n) is 1.75. The highest BCUT2D eigenvalue weighted by atomic mass is 16.7. The molecule has 0 atom stereocenters. The van der Waals surface area contributed by atoms with E-state index < -0.39 is 0 Å². The Hall–Kier alpha value is -0.860. The largest absolute Gasteiger partial charge is 0.348 e. The SMILES string of the molecule is CCc1ccccc1C1OCCCO1. The summed E-state index contributed by atoms with van der Waals surface area (Å²) in [6.45, 7) is 3.77. The van der Waals surface area contributed by atoms with E-state index in [-0.39, 0.29) is 6.29 Å². The van der Waals surface area contributed by atoms with Crippen molar-refractivity contribution >= 4 is 0 Å². The van der Waals surface area contributed by atoms with Crippen LogP contribution in [-0.4, -0.2) is 13.2 Å². The molecule has 0 bridgehead atoms. The Kier molecular flexibility index (Phi) is 3.17. The van der Waals surface area contributed by atoms with Gasteiger partial charge in [0.2, 0.25) is 0 Å². The van der Waals surface area contributed by atoms with E-state index in [0.717, 1.165) is 26.1 Å². The Morgan fingerprint density at radius 2 is 1.93 bits per heavy atom. The Labute approximate surface area is 84.8 Å². The monoisotopic (exact) mass is 192 g/mol. The fourth-order valence-corrected chi connectivity index (χ4v) is 1.75. The van der Waals surface area contributed by atoms with Gasteiger partial charge in [-0.25, -0.2) is 0 Å². The van der Waals surface area contributed by atoms with E-state index in [1.807, 2.05) is 6.07 Å². The van der Waals surface area contributed by atoms with Crippen molar-refractivity contribution in [2.75, 3.05) is 13.2 Å². The zero-order valence-corrected chi connectivity index (χ0v) is 8.53. The zero-order chi connectivity index (χ0) is 9.80. The molecule has 0 aliphatic carbocycles. The molecule has 1 saturated heterocycles. The molecule has 1 aliphatic rings. The number of hydrogen-bond acceptors (Lipinski definition) is 2. The number of rotatable bonds is 2. The van der Waals surface area contributed by atoms with E-state index in [1.54, 1.807) is 0 Å². The molecule has 0 unspecified atom stereocenters. The molecular weight excluding hydrogens is 176 g/mol. The second-order valence-electron chi connectivity index (χ2n) is 3.48. The molecule has 0 N–H and O–H groups in total. The maximum absolute atomic E-state index is 5.58. The second kappa shape index (κ2) is 4.58. The third kappa shape index (κ3) is 1.97. The molecule has 0 radical (unpaired) electrons. The van der Waals surface area contributed by atoms with Crippen molar-refractivity contribution in [2.24, 2.45) is 0 Å². The van der Waals surface area contributed by atoms with Gasteiger partial charge in [0, 0.05) is 5.56 Å². The van der Waals surface area contributed by atoms with Gasteiger partial charge in [0.05, 0.1) is 13.2 Å². The first-order valence-electron chi connectivity index (χ1n) is 5.23. The first kappa shape index (κ1) is 9.69. The average Bonchev–Trinajstić information content (AvgIpc) is 2.30. The third-order valence-corrected chi connectivity index (χ3v) is 2.52. The van der Waals surface area contributed by atoms with Crippen molar-refractivity contribution in [3.63, 3.8) is 0 Å². The number of benzene rings is 1. The van der Waals surface area contributed by atoms with Gasteiger partial charge in [-0.3, -0.25) is 0 Å². The molecule has 0 amide bonds. The number of ether oxygens (including phenoxy) is 2. The molecule has 1 aromatic rings. The fraction of sp³-hybridized carbons (Fsp3) is 0.500. The summed E-state index contributed by atoms with van der Waals surface area (Å²) in [5, 5.41) is 0. The van der Waals surface area contributed by atoms with Crippen LogP contribution in [0.15, 0.2) is 24.3 Å². The maximum Gasteiger partial charge on any atom is 0.184 e. The van der Waals surface area contributed by atoms with Gasteiger partial charge in [0.15, 0.2) is 6.29 Å². The second-order valence-corrected chi connectivity index (χ2v) is 3.48. The van der Waals surface area contributed by atoms with Gasteiger partial charge in [-0.2, -0.15) is 0 Å². The van der Waals surface area contributed by atoms with Gasteiger partial charge >= 0.3 is 0 Å². The summed E-state index contributed by atoms with van der Waals surface area (Å²) in [5.41, 5.74) is 2.51. The minimum Gasteiger partial charge on any atom is -0.348 e. The minimum atomic E-state index is -0.139. The summed E-state index contributed by atoms with van der Waals surface area (Å²) < 4.78 is 11.2. The Balaban J connectivity index is 2.20. The van der Waals surface area contributed by atoms with Crippen LogP contribution < -0.4 is 0 Å². The van der Waals surface area contributed by atoms with E-state index in [1.165, 1.54) is 11.1 Å². The molecule has 1 fully saturated rings. The van der Waals surface area contributed by atoms with Crippen LogP contribution in [0.25, 0.3) is 0 Å². The highest BCUT2D eigenvalue weighted by Crippen LogP contribution is 2.25. The maximum atomic E-state index is 5.58. The predicted octanol–water partition coefficient (Wildman–Crippen LogP) is 2.68. The third-order valence-electron chi connectivity index (χ3n) is 2.52. The summed E-state index contributed by atoms with van der Waals surface area (Å²) in [7, 11) is 0. The van der Waals surface area contributed by atoms with Gasteiger partial charge in [-0.1, -0.05) is 31.2 Å². The molecule has 0 saturated carbocycles. The van der Waals surface area contributed by atoms with Crippen molar-refractivity contribution in [2.45, 2.75) is 26.1 Å². The van der Waals surface area contributed by atoms with Gasteiger partial charge in [0.1, 0.15) is 0 Å². The summed E-state index contributed by atoms with van der Waals surface area (Å²) >= 11 is 0. The lowest BCUT2D eigenvalue weighted by molar-refractivity contribution is -0.183. The molecule has 2 rings (SSSR count). The van der Waals surface area contributed by atoms with Gasteiger partial charge < -0.3 is 9.47 Å². The first-order valence-corrected chi connectivity index (χ1v) is 5.23.